The van der Waals surface area contributed by atoms with Crippen molar-refractivity contribution in [2.75, 3.05) is 11.5 Å². The Labute approximate surface area is 122 Å². The Morgan fingerprint density at radius 2 is 2.16 bits per heavy atom. The standard InChI is InChI=1S/C17H27NS/c1-4-19-9-8-14(3)18-17-11-16(12-17)15-7-5-6-13(2)10-15/h5-7,10,14,16-18H,4,8-9,11-12H2,1-3H3. The normalized spacial score (nSPS) is 23.9. The van der Waals surface area contributed by atoms with Crippen molar-refractivity contribution in [3.8, 4) is 0 Å². The van der Waals surface area contributed by atoms with Crippen molar-refractivity contribution in [1.29, 1.82) is 0 Å². The highest BCUT2D eigenvalue weighted by Gasteiger charge is 2.30. The summed E-state index contributed by atoms with van der Waals surface area (Å²) < 4.78 is 0. The molecule has 2 rings (SSSR count). The second-order valence-electron chi connectivity index (χ2n) is 5.83. The Bertz CT molecular complexity index is 385. The van der Waals surface area contributed by atoms with Crippen LogP contribution in [0.25, 0.3) is 0 Å². The molecule has 0 heterocycles. The number of aryl methyl sites for hydroxylation is 1. The molecule has 19 heavy (non-hydrogen) atoms. The van der Waals surface area contributed by atoms with Crippen molar-refractivity contribution in [1.82, 2.24) is 5.32 Å². The molecule has 0 spiro atoms. The number of benzene rings is 1. The lowest BCUT2D eigenvalue weighted by molar-refractivity contribution is 0.268. The highest BCUT2D eigenvalue weighted by Crippen LogP contribution is 2.37. The summed E-state index contributed by atoms with van der Waals surface area (Å²) in [6.45, 7) is 6.75. The Morgan fingerprint density at radius 3 is 2.84 bits per heavy atom. The maximum Gasteiger partial charge on any atom is 0.00812 e. The first-order valence-corrected chi connectivity index (χ1v) is 8.75. The first-order valence-electron chi connectivity index (χ1n) is 7.59. The predicted molar refractivity (Wildman–Crippen MR) is 87.2 cm³/mol. The number of nitrogens with one attached hydrogen (secondary N) is 1. The quantitative estimate of drug-likeness (QED) is 0.743. The third-order valence-electron chi connectivity index (χ3n) is 4.07. The third-order valence-corrected chi connectivity index (χ3v) is 5.00. The summed E-state index contributed by atoms with van der Waals surface area (Å²) in [6, 6.07) is 10.4. The SMILES string of the molecule is CCSCCC(C)NC1CC(c2cccc(C)c2)C1. The van der Waals surface area contributed by atoms with Crippen LogP contribution < -0.4 is 5.32 Å². The molecular formula is C17H27NS. The molecule has 0 radical (unpaired) electrons. The van der Waals surface area contributed by atoms with Crippen molar-refractivity contribution >= 4 is 11.8 Å². The zero-order chi connectivity index (χ0) is 13.7. The van der Waals surface area contributed by atoms with Crippen LogP contribution in [0, 0.1) is 6.92 Å². The second-order valence-corrected chi connectivity index (χ2v) is 7.23. The molecule has 1 aromatic rings. The van der Waals surface area contributed by atoms with E-state index in [1.54, 1.807) is 0 Å². The van der Waals surface area contributed by atoms with E-state index in [0.717, 1.165) is 12.0 Å². The van der Waals surface area contributed by atoms with Gasteiger partial charge in [0.2, 0.25) is 0 Å². The van der Waals surface area contributed by atoms with Crippen LogP contribution in [-0.2, 0) is 0 Å². The van der Waals surface area contributed by atoms with Gasteiger partial charge in [-0.1, -0.05) is 36.8 Å². The fourth-order valence-corrected chi connectivity index (χ4v) is 3.65. The Morgan fingerprint density at radius 1 is 1.37 bits per heavy atom. The highest BCUT2D eigenvalue weighted by molar-refractivity contribution is 7.99. The van der Waals surface area contributed by atoms with Crippen LogP contribution in [0.1, 0.15) is 50.2 Å². The van der Waals surface area contributed by atoms with Crippen molar-refractivity contribution in [3.05, 3.63) is 35.4 Å². The molecule has 1 atom stereocenters. The maximum absolute atomic E-state index is 3.78. The highest BCUT2D eigenvalue weighted by atomic mass is 32.2. The van der Waals surface area contributed by atoms with Gasteiger partial charge in [-0.2, -0.15) is 11.8 Å². The van der Waals surface area contributed by atoms with E-state index >= 15 is 0 Å². The van der Waals surface area contributed by atoms with E-state index in [2.05, 4.69) is 50.4 Å². The molecule has 106 valence electrons. The number of thioether (sulfide) groups is 1. The van der Waals surface area contributed by atoms with Gasteiger partial charge in [-0.05, 0) is 56.1 Å². The molecule has 0 amide bonds. The summed E-state index contributed by atoms with van der Waals surface area (Å²) in [5, 5.41) is 3.78. The average molecular weight is 277 g/mol. The van der Waals surface area contributed by atoms with Crippen LogP contribution in [0.3, 0.4) is 0 Å². The molecule has 0 aliphatic heterocycles. The van der Waals surface area contributed by atoms with Crippen molar-refractivity contribution in [3.63, 3.8) is 0 Å². The van der Waals surface area contributed by atoms with Gasteiger partial charge >= 0.3 is 0 Å². The molecule has 0 saturated heterocycles. The van der Waals surface area contributed by atoms with Gasteiger partial charge < -0.3 is 5.32 Å². The number of rotatable bonds is 7. The van der Waals surface area contributed by atoms with Gasteiger partial charge in [0.1, 0.15) is 0 Å². The van der Waals surface area contributed by atoms with Gasteiger partial charge in [0, 0.05) is 12.1 Å². The van der Waals surface area contributed by atoms with E-state index in [1.807, 2.05) is 11.8 Å². The van der Waals surface area contributed by atoms with Gasteiger partial charge in [-0.25, -0.2) is 0 Å². The van der Waals surface area contributed by atoms with Crippen LogP contribution in [0.5, 0.6) is 0 Å². The van der Waals surface area contributed by atoms with E-state index in [9.17, 15) is 0 Å². The summed E-state index contributed by atoms with van der Waals surface area (Å²) in [7, 11) is 0. The molecule has 1 N–H and O–H groups in total. The topological polar surface area (TPSA) is 12.0 Å². The molecule has 0 aromatic heterocycles. The van der Waals surface area contributed by atoms with E-state index in [1.165, 1.54) is 41.9 Å². The molecule has 0 bridgehead atoms. The summed E-state index contributed by atoms with van der Waals surface area (Å²) in [4.78, 5) is 0. The fourth-order valence-electron chi connectivity index (χ4n) is 2.84. The largest absolute Gasteiger partial charge is 0.311 e. The smallest absolute Gasteiger partial charge is 0.00812 e. The predicted octanol–water partition coefficient (Wildman–Crippen LogP) is 4.36. The van der Waals surface area contributed by atoms with Crippen molar-refractivity contribution in [2.45, 2.75) is 58.0 Å². The lowest BCUT2D eigenvalue weighted by Crippen LogP contribution is -2.44. The average Bonchev–Trinajstić information content (AvgIpc) is 2.33. The van der Waals surface area contributed by atoms with Gasteiger partial charge in [0.15, 0.2) is 0 Å². The van der Waals surface area contributed by atoms with Gasteiger partial charge in [-0.3, -0.25) is 0 Å². The van der Waals surface area contributed by atoms with E-state index in [0.29, 0.717) is 6.04 Å². The number of hydrogen-bond donors (Lipinski definition) is 1. The van der Waals surface area contributed by atoms with Gasteiger partial charge in [-0.15, -0.1) is 0 Å². The first kappa shape index (κ1) is 14.9. The first-order chi connectivity index (χ1) is 9.19. The van der Waals surface area contributed by atoms with E-state index in [-0.39, 0.29) is 0 Å². The molecule has 1 fully saturated rings. The maximum atomic E-state index is 3.78. The minimum atomic E-state index is 0.669. The van der Waals surface area contributed by atoms with Crippen LogP contribution in [0.15, 0.2) is 24.3 Å². The minimum Gasteiger partial charge on any atom is -0.311 e. The Balaban J connectivity index is 1.68. The van der Waals surface area contributed by atoms with Crippen LogP contribution in [-0.4, -0.2) is 23.6 Å². The zero-order valence-electron chi connectivity index (χ0n) is 12.5. The molecule has 1 aromatic carbocycles. The van der Waals surface area contributed by atoms with E-state index < -0.39 is 0 Å². The van der Waals surface area contributed by atoms with Crippen LogP contribution in [0.2, 0.25) is 0 Å². The van der Waals surface area contributed by atoms with E-state index in [4.69, 9.17) is 0 Å². The molecule has 1 aliphatic rings. The second kappa shape index (κ2) is 7.35. The van der Waals surface area contributed by atoms with Crippen LogP contribution >= 0.6 is 11.8 Å². The molecule has 2 heteroatoms. The molecule has 1 unspecified atom stereocenters. The molecule has 1 nitrogen and oxygen atoms in total. The summed E-state index contributed by atoms with van der Waals surface area (Å²) >= 11 is 2.05. The number of hydrogen-bond acceptors (Lipinski definition) is 2. The summed E-state index contributed by atoms with van der Waals surface area (Å²) in [5.41, 5.74) is 2.92. The Hall–Kier alpha value is -0.470. The molecule has 1 saturated carbocycles. The van der Waals surface area contributed by atoms with Gasteiger partial charge in [0.25, 0.3) is 0 Å². The third kappa shape index (κ3) is 4.54. The van der Waals surface area contributed by atoms with Crippen molar-refractivity contribution in [2.24, 2.45) is 0 Å². The lowest BCUT2D eigenvalue weighted by Gasteiger charge is -2.38. The molecular weight excluding hydrogens is 250 g/mol. The minimum absolute atomic E-state index is 0.669. The monoisotopic (exact) mass is 277 g/mol. The summed E-state index contributed by atoms with van der Waals surface area (Å²) in [5.74, 6) is 3.32. The molecule has 1 aliphatic carbocycles. The summed E-state index contributed by atoms with van der Waals surface area (Å²) in [6.07, 6.45) is 3.92. The fraction of sp³-hybridized carbons (Fsp3) is 0.647. The van der Waals surface area contributed by atoms with Crippen molar-refractivity contribution < 1.29 is 0 Å². The van der Waals surface area contributed by atoms with Gasteiger partial charge in [0.05, 0.1) is 0 Å². The Kier molecular flexibility index (Phi) is 5.77. The zero-order valence-corrected chi connectivity index (χ0v) is 13.3. The lowest BCUT2D eigenvalue weighted by atomic mass is 9.75. The van der Waals surface area contributed by atoms with Crippen LogP contribution in [0.4, 0.5) is 0 Å².